The zero-order chi connectivity index (χ0) is 10.0. The average Bonchev–Trinajstić information content (AvgIpc) is 2.75. The summed E-state index contributed by atoms with van der Waals surface area (Å²) in [6, 6.07) is 3.92. The Balaban J connectivity index is 2.26. The molecule has 1 saturated heterocycles. The Labute approximate surface area is 91.9 Å². The molecular formula is C10H14BrNO2. The molecule has 1 atom stereocenters. The number of hydrogen-bond donors (Lipinski definition) is 1. The van der Waals surface area contributed by atoms with E-state index in [-0.39, 0.29) is 5.54 Å². The first-order valence-electron chi connectivity index (χ1n) is 4.77. The van der Waals surface area contributed by atoms with Crippen LogP contribution in [-0.4, -0.2) is 20.3 Å². The van der Waals surface area contributed by atoms with E-state index >= 15 is 0 Å². The van der Waals surface area contributed by atoms with Crippen molar-refractivity contribution in [2.75, 3.05) is 20.3 Å². The molecule has 1 N–H and O–H groups in total. The molecule has 0 amide bonds. The topological polar surface area (TPSA) is 34.4 Å². The van der Waals surface area contributed by atoms with Gasteiger partial charge < -0.3 is 14.5 Å². The van der Waals surface area contributed by atoms with E-state index in [1.54, 1.807) is 7.11 Å². The molecular weight excluding hydrogens is 246 g/mol. The molecule has 1 fully saturated rings. The summed E-state index contributed by atoms with van der Waals surface area (Å²) in [5, 5.41) is 3.46. The van der Waals surface area contributed by atoms with Gasteiger partial charge in [0.2, 0.25) is 0 Å². The van der Waals surface area contributed by atoms with E-state index in [0.29, 0.717) is 6.61 Å². The van der Waals surface area contributed by atoms with E-state index in [4.69, 9.17) is 9.15 Å². The van der Waals surface area contributed by atoms with E-state index in [1.807, 2.05) is 12.1 Å². The predicted molar refractivity (Wildman–Crippen MR) is 57.2 cm³/mol. The molecule has 4 heteroatoms. The number of methoxy groups -OCH3 is 1. The third-order valence-electron chi connectivity index (χ3n) is 2.68. The molecule has 0 spiro atoms. The van der Waals surface area contributed by atoms with Gasteiger partial charge in [-0.05, 0) is 47.4 Å². The van der Waals surface area contributed by atoms with Crippen LogP contribution in [0, 0.1) is 0 Å². The molecule has 1 aromatic heterocycles. The van der Waals surface area contributed by atoms with Gasteiger partial charge in [-0.2, -0.15) is 0 Å². The van der Waals surface area contributed by atoms with Gasteiger partial charge in [-0.3, -0.25) is 0 Å². The maximum atomic E-state index is 5.60. The number of halogens is 1. The largest absolute Gasteiger partial charge is 0.452 e. The number of ether oxygens (including phenoxy) is 1. The summed E-state index contributed by atoms with van der Waals surface area (Å²) in [6.45, 7) is 1.69. The van der Waals surface area contributed by atoms with Crippen molar-refractivity contribution in [2.24, 2.45) is 0 Å². The molecule has 0 saturated carbocycles. The Morgan fingerprint density at radius 3 is 3.00 bits per heavy atom. The number of hydrogen-bond acceptors (Lipinski definition) is 3. The Morgan fingerprint density at radius 1 is 1.64 bits per heavy atom. The highest BCUT2D eigenvalue weighted by Crippen LogP contribution is 2.33. The standard InChI is InChI=1S/C10H14BrNO2/c1-13-7-10(5-2-6-12-10)8-3-4-9(11)14-8/h3-4,12H,2,5-7H2,1H3. The molecule has 0 aliphatic carbocycles. The lowest BCUT2D eigenvalue weighted by molar-refractivity contribution is 0.105. The van der Waals surface area contributed by atoms with Crippen LogP contribution in [0.5, 0.6) is 0 Å². The summed E-state index contributed by atoms with van der Waals surface area (Å²) in [7, 11) is 1.72. The predicted octanol–water partition coefficient (Wildman–Crippen LogP) is 2.27. The highest BCUT2D eigenvalue weighted by atomic mass is 79.9. The van der Waals surface area contributed by atoms with Crippen LogP contribution < -0.4 is 5.32 Å². The summed E-state index contributed by atoms with van der Waals surface area (Å²) in [5.74, 6) is 0.962. The SMILES string of the molecule is COCC1(c2ccc(Br)o2)CCCN1. The molecule has 0 radical (unpaired) electrons. The van der Waals surface area contributed by atoms with Gasteiger partial charge in [0.25, 0.3) is 0 Å². The third-order valence-corrected chi connectivity index (χ3v) is 3.11. The summed E-state index contributed by atoms with van der Waals surface area (Å²) in [6.07, 6.45) is 2.24. The molecule has 1 unspecified atom stereocenters. The van der Waals surface area contributed by atoms with Crippen molar-refractivity contribution in [3.63, 3.8) is 0 Å². The van der Waals surface area contributed by atoms with E-state index in [1.165, 1.54) is 6.42 Å². The van der Waals surface area contributed by atoms with Crippen molar-refractivity contribution in [1.29, 1.82) is 0 Å². The molecule has 1 aliphatic rings. The molecule has 0 aromatic carbocycles. The van der Waals surface area contributed by atoms with Crippen molar-refractivity contribution in [3.05, 3.63) is 22.6 Å². The van der Waals surface area contributed by atoms with Crippen LogP contribution >= 0.6 is 15.9 Å². The van der Waals surface area contributed by atoms with E-state index in [2.05, 4.69) is 21.2 Å². The first-order valence-corrected chi connectivity index (χ1v) is 5.56. The Morgan fingerprint density at radius 2 is 2.50 bits per heavy atom. The summed E-state index contributed by atoms with van der Waals surface area (Å²) in [4.78, 5) is 0. The number of rotatable bonds is 3. The minimum absolute atomic E-state index is 0.110. The molecule has 78 valence electrons. The summed E-state index contributed by atoms with van der Waals surface area (Å²) < 4.78 is 11.6. The monoisotopic (exact) mass is 259 g/mol. The summed E-state index contributed by atoms with van der Waals surface area (Å²) >= 11 is 3.32. The number of nitrogens with one attached hydrogen (secondary N) is 1. The fraction of sp³-hybridized carbons (Fsp3) is 0.600. The van der Waals surface area contributed by atoms with Gasteiger partial charge in [0.1, 0.15) is 11.3 Å². The minimum Gasteiger partial charge on any atom is -0.452 e. The fourth-order valence-electron chi connectivity index (χ4n) is 2.03. The van der Waals surface area contributed by atoms with Gasteiger partial charge >= 0.3 is 0 Å². The molecule has 2 rings (SSSR count). The molecule has 1 aliphatic heterocycles. The van der Waals surface area contributed by atoms with Gasteiger partial charge in [0.05, 0.1) is 6.61 Å². The van der Waals surface area contributed by atoms with E-state index < -0.39 is 0 Å². The Kier molecular flexibility index (Phi) is 2.95. The average molecular weight is 260 g/mol. The van der Waals surface area contributed by atoms with Crippen LogP contribution in [-0.2, 0) is 10.3 Å². The lowest BCUT2D eigenvalue weighted by Crippen LogP contribution is -2.40. The maximum Gasteiger partial charge on any atom is 0.169 e. The minimum atomic E-state index is -0.110. The first-order chi connectivity index (χ1) is 6.77. The smallest absolute Gasteiger partial charge is 0.169 e. The molecule has 3 nitrogen and oxygen atoms in total. The van der Waals surface area contributed by atoms with Crippen molar-refractivity contribution < 1.29 is 9.15 Å². The normalized spacial score (nSPS) is 27.0. The number of furan rings is 1. The Hall–Kier alpha value is -0.320. The van der Waals surface area contributed by atoms with Gasteiger partial charge in [-0.1, -0.05) is 0 Å². The molecule has 14 heavy (non-hydrogen) atoms. The maximum absolute atomic E-state index is 5.60. The first kappa shape index (κ1) is 10.2. The Bertz CT molecular complexity index is 305. The van der Waals surface area contributed by atoms with Crippen LogP contribution in [0.1, 0.15) is 18.6 Å². The fourth-order valence-corrected chi connectivity index (χ4v) is 2.34. The molecule has 0 bridgehead atoms. The van der Waals surface area contributed by atoms with Crippen molar-refractivity contribution in [3.8, 4) is 0 Å². The quantitative estimate of drug-likeness (QED) is 0.905. The highest BCUT2D eigenvalue weighted by Gasteiger charge is 2.38. The lowest BCUT2D eigenvalue weighted by Gasteiger charge is -2.26. The van der Waals surface area contributed by atoms with Crippen molar-refractivity contribution in [2.45, 2.75) is 18.4 Å². The third kappa shape index (κ3) is 1.74. The zero-order valence-electron chi connectivity index (χ0n) is 8.18. The lowest BCUT2D eigenvalue weighted by atomic mass is 9.95. The van der Waals surface area contributed by atoms with Crippen molar-refractivity contribution >= 4 is 15.9 Å². The molecule has 2 heterocycles. The van der Waals surface area contributed by atoms with Crippen LogP contribution in [0.15, 0.2) is 21.2 Å². The van der Waals surface area contributed by atoms with Gasteiger partial charge in [0, 0.05) is 7.11 Å². The van der Waals surface area contributed by atoms with Gasteiger partial charge in [-0.15, -0.1) is 0 Å². The van der Waals surface area contributed by atoms with E-state index in [0.717, 1.165) is 23.4 Å². The second kappa shape index (κ2) is 4.04. The van der Waals surface area contributed by atoms with Crippen LogP contribution in [0.4, 0.5) is 0 Å². The van der Waals surface area contributed by atoms with Crippen molar-refractivity contribution in [1.82, 2.24) is 5.32 Å². The van der Waals surface area contributed by atoms with E-state index in [9.17, 15) is 0 Å². The summed E-state index contributed by atoms with van der Waals surface area (Å²) in [5.41, 5.74) is -0.110. The highest BCUT2D eigenvalue weighted by molar-refractivity contribution is 9.10. The van der Waals surface area contributed by atoms with Crippen LogP contribution in [0.25, 0.3) is 0 Å². The van der Waals surface area contributed by atoms with Gasteiger partial charge in [-0.25, -0.2) is 0 Å². The van der Waals surface area contributed by atoms with Crippen LogP contribution in [0.2, 0.25) is 0 Å². The van der Waals surface area contributed by atoms with Crippen LogP contribution in [0.3, 0.4) is 0 Å². The van der Waals surface area contributed by atoms with Gasteiger partial charge in [0.15, 0.2) is 4.67 Å². The second-order valence-corrected chi connectivity index (χ2v) is 4.43. The molecule has 1 aromatic rings. The zero-order valence-corrected chi connectivity index (χ0v) is 9.76. The second-order valence-electron chi connectivity index (χ2n) is 3.65.